The first-order chi connectivity index (χ1) is 13.3. The van der Waals surface area contributed by atoms with Gasteiger partial charge in [0, 0.05) is 17.1 Å². The van der Waals surface area contributed by atoms with Crippen molar-refractivity contribution in [1.82, 2.24) is 0 Å². The van der Waals surface area contributed by atoms with E-state index in [1.54, 1.807) is 0 Å². The first kappa shape index (κ1) is 14.9. The fourth-order valence-corrected chi connectivity index (χ4v) is 4.88. The Morgan fingerprint density at radius 3 is 2.19 bits per heavy atom. The molecule has 0 aliphatic carbocycles. The van der Waals surface area contributed by atoms with E-state index in [0.717, 1.165) is 0 Å². The standard InChI is InChI=1S/C25H18BN/c1-17-15-20-19-11-5-6-12-21(19)26-22-13-7-8-14-23(22)27(24(16-17)25(20)26)18-9-3-2-4-10-18/h2-16H,1H3. The highest BCUT2D eigenvalue weighted by atomic mass is 15.1. The van der Waals surface area contributed by atoms with Crippen molar-refractivity contribution in [3.05, 3.63) is 96.6 Å². The van der Waals surface area contributed by atoms with E-state index in [-0.39, 0.29) is 0 Å². The monoisotopic (exact) mass is 343 g/mol. The maximum atomic E-state index is 2.43. The highest BCUT2D eigenvalue weighted by Gasteiger charge is 2.42. The summed E-state index contributed by atoms with van der Waals surface area (Å²) < 4.78 is 0. The fourth-order valence-electron chi connectivity index (χ4n) is 4.88. The van der Waals surface area contributed by atoms with Crippen molar-refractivity contribution in [2.75, 3.05) is 4.90 Å². The summed E-state index contributed by atoms with van der Waals surface area (Å²) in [5.41, 5.74) is 12.2. The summed E-state index contributed by atoms with van der Waals surface area (Å²) in [6.45, 7) is 2.53. The molecule has 0 spiro atoms. The molecule has 2 aliphatic rings. The Bertz CT molecular complexity index is 1200. The Morgan fingerprint density at radius 1 is 0.630 bits per heavy atom. The van der Waals surface area contributed by atoms with Crippen LogP contribution in [0.2, 0.25) is 0 Å². The van der Waals surface area contributed by atoms with Crippen LogP contribution in [0.5, 0.6) is 0 Å². The summed E-state index contributed by atoms with van der Waals surface area (Å²) in [5, 5.41) is 0. The third-order valence-electron chi connectivity index (χ3n) is 5.90. The van der Waals surface area contributed by atoms with Crippen molar-refractivity contribution in [2.45, 2.75) is 6.92 Å². The van der Waals surface area contributed by atoms with Crippen molar-refractivity contribution in [3.8, 4) is 11.1 Å². The molecule has 1 nitrogen and oxygen atoms in total. The van der Waals surface area contributed by atoms with Crippen LogP contribution in [0.1, 0.15) is 5.56 Å². The van der Waals surface area contributed by atoms with Gasteiger partial charge in [0.15, 0.2) is 0 Å². The van der Waals surface area contributed by atoms with Crippen LogP contribution in [-0.2, 0) is 0 Å². The topological polar surface area (TPSA) is 3.24 Å². The molecule has 0 bridgehead atoms. The van der Waals surface area contributed by atoms with Crippen LogP contribution in [0.25, 0.3) is 11.1 Å². The van der Waals surface area contributed by atoms with Crippen molar-refractivity contribution >= 4 is 40.2 Å². The molecule has 126 valence electrons. The van der Waals surface area contributed by atoms with Crippen LogP contribution in [0.3, 0.4) is 0 Å². The summed E-state index contributed by atoms with van der Waals surface area (Å²) in [6.07, 6.45) is 0. The second-order valence-electron chi connectivity index (χ2n) is 7.50. The minimum atomic E-state index is 0.322. The molecule has 2 heteroatoms. The predicted molar refractivity (Wildman–Crippen MR) is 116 cm³/mol. The molecule has 0 saturated heterocycles. The maximum Gasteiger partial charge on any atom is 0.248 e. The van der Waals surface area contributed by atoms with Crippen LogP contribution in [0.4, 0.5) is 17.1 Å². The minimum Gasteiger partial charge on any atom is -0.311 e. The Kier molecular flexibility index (Phi) is 2.96. The van der Waals surface area contributed by atoms with Crippen molar-refractivity contribution in [2.24, 2.45) is 0 Å². The zero-order valence-electron chi connectivity index (χ0n) is 15.2. The Balaban J connectivity index is 1.75. The van der Waals surface area contributed by atoms with Gasteiger partial charge in [0.2, 0.25) is 6.71 Å². The molecule has 0 radical (unpaired) electrons. The molecule has 2 aliphatic heterocycles. The van der Waals surface area contributed by atoms with E-state index < -0.39 is 0 Å². The molecule has 0 amide bonds. The normalized spacial score (nSPS) is 13.2. The lowest BCUT2D eigenvalue weighted by Gasteiger charge is -2.36. The molecule has 0 unspecified atom stereocenters. The average molecular weight is 343 g/mol. The maximum absolute atomic E-state index is 2.43. The number of nitrogens with zero attached hydrogens (tertiary/aromatic N) is 1. The summed E-state index contributed by atoms with van der Waals surface area (Å²) in [6, 6.07) is 33.2. The quantitative estimate of drug-likeness (QED) is 0.403. The zero-order chi connectivity index (χ0) is 18.0. The Labute approximate surface area is 160 Å². The van der Waals surface area contributed by atoms with Gasteiger partial charge in [-0.15, -0.1) is 0 Å². The molecule has 0 N–H and O–H groups in total. The fraction of sp³-hybridized carbons (Fsp3) is 0.0400. The van der Waals surface area contributed by atoms with Gasteiger partial charge < -0.3 is 4.90 Å². The number of hydrogen-bond donors (Lipinski definition) is 0. The second-order valence-corrected chi connectivity index (χ2v) is 7.50. The first-order valence-corrected chi connectivity index (χ1v) is 9.51. The molecule has 0 saturated carbocycles. The van der Waals surface area contributed by atoms with E-state index in [1.165, 1.54) is 50.1 Å². The molecule has 4 aromatic rings. The van der Waals surface area contributed by atoms with Gasteiger partial charge in [-0.3, -0.25) is 0 Å². The summed E-state index contributed by atoms with van der Waals surface area (Å²) in [4.78, 5) is 2.43. The van der Waals surface area contributed by atoms with Crippen LogP contribution >= 0.6 is 0 Å². The molecule has 0 fully saturated rings. The SMILES string of the molecule is Cc1cc2c3c(c1)N(c1ccccc1)c1ccccc1B3c1ccccc1-2. The van der Waals surface area contributed by atoms with Gasteiger partial charge >= 0.3 is 0 Å². The van der Waals surface area contributed by atoms with Gasteiger partial charge in [0.1, 0.15) is 0 Å². The second kappa shape index (κ2) is 5.37. The van der Waals surface area contributed by atoms with E-state index >= 15 is 0 Å². The zero-order valence-corrected chi connectivity index (χ0v) is 15.2. The van der Waals surface area contributed by atoms with Crippen molar-refractivity contribution < 1.29 is 0 Å². The van der Waals surface area contributed by atoms with Gasteiger partial charge in [-0.05, 0) is 58.8 Å². The largest absolute Gasteiger partial charge is 0.311 e. The molecule has 6 rings (SSSR count). The number of para-hydroxylation sites is 2. The summed E-state index contributed by atoms with van der Waals surface area (Å²) >= 11 is 0. The number of rotatable bonds is 1. The number of aryl methyl sites for hydroxylation is 1. The molecular weight excluding hydrogens is 325 g/mol. The third kappa shape index (κ3) is 1.96. The number of anilines is 3. The van der Waals surface area contributed by atoms with Crippen LogP contribution < -0.4 is 21.3 Å². The van der Waals surface area contributed by atoms with E-state index in [1.807, 2.05) is 0 Å². The van der Waals surface area contributed by atoms with E-state index in [4.69, 9.17) is 0 Å². The van der Waals surface area contributed by atoms with Gasteiger partial charge in [0.25, 0.3) is 0 Å². The predicted octanol–water partition coefficient (Wildman–Crippen LogP) is 4.27. The van der Waals surface area contributed by atoms with E-state index in [0.29, 0.717) is 6.71 Å². The summed E-state index contributed by atoms with van der Waals surface area (Å²) in [5.74, 6) is 0. The number of hydrogen-bond acceptors (Lipinski definition) is 1. The lowest BCUT2D eigenvalue weighted by Crippen LogP contribution is -2.54. The smallest absolute Gasteiger partial charge is 0.248 e. The van der Waals surface area contributed by atoms with E-state index in [2.05, 4.69) is 103 Å². The highest BCUT2D eigenvalue weighted by Crippen LogP contribution is 2.40. The van der Waals surface area contributed by atoms with Gasteiger partial charge in [0.05, 0.1) is 0 Å². The Morgan fingerprint density at radius 2 is 1.33 bits per heavy atom. The first-order valence-electron chi connectivity index (χ1n) is 9.51. The minimum absolute atomic E-state index is 0.322. The lowest BCUT2D eigenvalue weighted by molar-refractivity contribution is 1.28. The highest BCUT2D eigenvalue weighted by molar-refractivity contribution is 7.01. The van der Waals surface area contributed by atoms with Gasteiger partial charge in [-0.2, -0.15) is 0 Å². The number of fused-ring (bicyclic) bond motifs is 5. The molecule has 27 heavy (non-hydrogen) atoms. The van der Waals surface area contributed by atoms with Crippen LogP contribution in [0.15, 0.2) is 91.0 Å². The van der Waals surface area contributed by atoms with Crippen LogP contribution in [0, 0.1) is 6.92 Å². The van der Waals surface area contributed by atoms with E-state index in [9.17, 15) is 0 Å². The Hall–Kier alpha value is -3.26. The molecule has 4 aromatic carbocycles. The molecule has 0 aromatic heterocycles. The summed E-state index contributed by atoms with van der Waals surface area (Å²) in [7, 11) is 0. The lowest BCUT2D eigenvalue weighted by atomic mass is 9.37. The average Bonchev–Trinajstić information content (AvgIpc) is 3.04. The molecule has 2 heterocycles. The molecular formula is C25H18BN. The third-order valence-corrected chi connectivity index (χ3v) is 5.90. The van der Waals surface area contributed by atoms with Gasteiger partial charge in [-0.25, -0.2) is 0 Å². The van der Waals surface area contributed by atoms with Crippen LogP contribution in [-0.4, -0.2) is 6.71 Å². The van der Waals surface area contributed by atoms with Crippen molar-refractivity contribution in [3.63, 3.8) is 0 Å². The van der Waals surface area contributed by atoms with Crippen molar-refractivity contribution in [1.29, 1.82) is 0 Å². The number of benzene rings is 4. The molecule has 0 atom stereocenters. The van der Waals surface area contributed by atoms with Gasteiger partial charge in [-0.1, -0.05) is 72.2 Å².